The summed E-state index contributed by atoms with van der Waals surface area (Å²) in [4.78, 5) is 15.1. The number of hydrogen-bond donors (Lipinski definition) is 1. The van der Waals surface area contributed by atoms with Crippen molar-refractivity contribution in [3.8, 4) is 0 Å². The van der Waals surface area contributed by atoms with E-state index in [1.54, 1.807) is 0 Å². The van der Waals surface area contributed by atoms with E-state index in [-0.39, 0.29) is 11.7 Å². The maximum atomic E-state index is 12.9. The number of thioether (sulfide) groups is 1. The topological polar surface area (TPSA) is 32.3 Å². The molecule has 2 atom stereocenters. The van der Waals surface area contributed by atoms with E-state index < -0.39 is 0 Å². The highest BCUT2D eigenvalue weighted by Gasteiger charge is 2.53. The average Bonchev–Trinajstić information content (AvgIpc) is 2.95. The van der Waals surface area contributed by atoms with Gasteiger partial charge in [-0.25, -0.2) is 0 Å². The molecule has 3 nitrogen and oxygen atoms in total. The molecule has 1 N–H and O–H groups in total. The Balaban J connectivity index is 2.16. The van der Waals surface area contributed by atoms with Gasteiger partial charge < -0.3 is 4.90 Å². The molecule has 19 heavy (non-hydrogen) atoms. The molecule has 2 unspecified atom stereocenters. The van der Waals surface area contributed by atoms with Gasteiger partial charge in [-0.1, -0.05) is 26.7 Å². The number of carbonyl (C=O) groups is 1. The third-order valence-electron chi connectivity index (χ3n) is 4.67. The van der Waals surface area contributed by atoms with Crippen LogP contribution in [0.2, 0.25) is 0 Å². The van der Waals surface area contributed by atoms with Gasteiger partial charge in [0.25, 0.3) is 0 Å². The summed E-state index contributed by atoms with van der Waals surface area (Å²) in [5, 5.41) is 3.69. The summed E-state index contributed by atoms with van der Waals surface area (Å²) in [6.45, 7) is 6.64. The van der Waals surface area contributed by atoms with Crippen LogP contribution in [0.5, 0.6) is 0 Å². The lowest BCUT2D eigenvalue weighted by molar-refractivity contribution is -0.135. The summed E-state index contributed by atoms with van der Waals surface area (Å²) < 4.78 is 0. The van der Waals surface area contributed by atoms with E-state index in [9.17, 15) is 4.79 Å². The summed E-state index contributed by atoms with van der Waals surface area (Å²) in [5.41, 5.74) is -0.220. The van der Waals surface area contributed by atoms with Crippen molar-refractivity contribution in [2.24, 2.45) is 5.92 Å². The van der Waals surface area contributed by atoms with Crippen LogP contribution in [0.25, 0.3) is 0 Å². The summed E-state index contributed by atoms with van der Waals surface area (Å²) in [6.07, 6.45) is 7.89. The zero-order chi connectivity index (χ0) is 14.0. The van der Waals surface area contributed by atoms with Crippen molar-refractivity contribution < 1.29 is 4.79 Å². The molecule has 0 radical (unpaired) electrons. The molecule has 1 saturated heterocycles. The Kier molecular flexibility index (Phi) is 4.83. The van der Waals surface area contributed by atoms with Crippen LogP contribution in [-0.4, -0.2) is 40.6 Å². The standard InChI is InChI=1S/C15H28N2OS/c1-11(2)13-16-15(8-5-6-9-15)14(18)17(13)12(3)7-10-19-4/h11-13,16H,5-10H2,1-4H3. The fraction of sp³-hybridized carbons (Fsp3) is 0.933. The minimum Gasteiger partial charge on any atom is -0.323 e. The van der Waals surface area contributed by atoms with E-state index in [4.69, 9.17) is 0 Å². The van der Waals surface area contributed by atoms with Gasteiger partial charge in [-0.3, -0.25) is 10.1 Å². The van der Waals surface area contributed by atoms with Crippen LogP contribution in [0.1, 0.15) is 52.9 Å². The molecule has 1 spiro atoms. The molecular formula is C15H28N2OS. The van der Waals surface area contributed by atoms with Crippen molar-refractivity contribution in [2.75, 3.05) is 12.0 Å². The molecule has 0 aromatic rings. The first-order chi connectivity index (χ1) is 9.02. The first-order valence-electron chi connectivity index (χ1n) is 7.61. The summed E-state index contributed by atoms with van der Waals surface area (Å²) >= 11 is 1.86. The number of nitrogens with one attached hydrogen (secondary N) is 1. The van der Waals surface area contributed by atoms with E-state index in [0.29, 0.717) is 17.9 Å². The van der Waals surface area contributed by atoms with E-state index in [0.717, 1.165) is 25.0 Å². The maximum absolute atomic E-state index is 12.9. The third-order valence-corrected chi connectivity index (χ3v) is 5.31. The van der Waals surface area contributed by atoms with Crippen LogP contribution in [0.15, 0.2) is 0 Å². The molecule has 2 aliphatic rings. The fourth-order valence-electron chi connectivity index (χ4n) is 3.51. The summed E-state index contributed by atoms with van der Waals surface area (Å²) in [7, 11) is 0. The molecule has 1 amide bonds. The largest absolute Gasteiger partial charge is 0.323 e. The second kappa shape index (κ2) is 6.04. The second-order valence-electron chi connectivity index (χ2n) is 6.47. The number of carbonyl (C=O) groups excluding carboxylic acids is 1. The first kappa shape index (κ1) is 15.2. The van der Waals surface area contributed by atoms with Crippen molar-refractivity contribution >= 4 is 17.7 Å². The minimum absolute atomic E-state index is 0.220. The predicted molar refractivity (Wildman–Crippen MR) is 82.3 cm³/mol. The van der Waals surface area contributed by atoms with Gasteiger partial charge >= 0.3 is 0 Å². The Morgan fingerprint density at radius 2 is 2.00 bits per heavy atom. The number of rotatable bonds is 5. The highest BCUT2D eigenvalue weighted by Crippen LogP contribution is 2.39. The van der Waals surface area contributed by atoms with Crippen molar-refractivity contribution in [1.29, 1.82) is 0 Å². The second-order valence-corrected chi connectivity index (χ2v) is 7.45. The SMILES string of the molecule is CSCCC(C)N1C(=O)C2(CCCC2)NC1C(C)C. The van der Waals surface area contributed by atoms with Crippen LogP contribution in [0.4, 0.5) is 0 Å². The number of nitrogens with zero attached hydrogens (tertiary/aromatic N) is 1. The molecule has 0 aromatic heterocycles. The minimum atomic E-state index is -0.220. The number of hydrogen-bond acceptors (Lipinski definition) is 3. The van der Waals surface area contributed by atoms with Gasteiger partial charge in [0, 0.05) is 6.04 Å². The normalized spacial score (nSPS) is 27.7. The zero-order valence-electron chi connectivity index (χ0n) is 12.7. The first-order valence-corrected chi connectivity index (χ1v) is 9.00. The van der Waals surface area contributed by atoms with E-state index in [1.165, 1.54) is 12.8 Å². The van der Waals surface area contributed by atoms with Gasteiger partial charge in [0.1, 0.15) is 0 Å². The Hall–Kier alpha value is -0.220. The molecule has 1 saturated carbocycles. The van der Waals surface area contributed by atoms with Crippen molar-refractivity contribution in [3.05, 3.63) is 0 Å². The average molecular weight is 284 g/mol. The van der Waals surface area contributed by atoms with E-state index in [1.807, 2.05) is 11.8 Å². The van der Waals surface area contributed by atoms with Crippen molar-refractivity contribution in [1.82, 2.24) is 10.2 Å². The van der Waals surface area contributed by atoms with E-state index >= 15 is 0 Å². The lowest BCUT2D eigenvalue weighted by Gasteiger charge is -2.32. The van der Waals surface area contributed by atoms with Gasteiger partial charge in [-0.15, -0.1) is 0 Å². The maximum Gasteiger partial charge on any atom is 0.244 e. The molecule has 2 fully saturated rings. The summed E-state index contributed by atoms with van der Waals surface area (Å²) in [5.74, 6) is 1.97. The zero-order valence-corrected chi connectivity index (χ0v) is 13.6. The Morgan fingerprint density at radius 3 is 2.53 bits per heavy atom. The molecule has 1 heterocycles. The monoisotopic (exact) mass is 284 g/mol. The smallest absolute Gasteiger partial charge is 0.244 e. The molecule has 110 valence electrons. The van der Waals surface area contributed by atoms with Crippen LogP contribution in [0.3, 0.4) is 0 Å². The van der Waals surface area contributed by atoms with Gasteiger partial charge in [-0.05, 0) is 44.1 Å². The van der Waals surface area contributed by atoms with Crippen molar-refractivity contribution in [3.63, 3.8) is 0 Å². The Labute approximate surface area is 121 Å². The molecule has 2 rings (SSSR count). The lowest BCUT2D eigenvalue weighted by atomic mass is 9.97. The Bertz CT molecular complexity index is 326. The number of amides is 1. The summed E-state index contributed by atoms with van der Waals surface area (Å²) in [6, 6.07) is 0.347. The van der Waals surface area contributed by atoms with Crippen LogP contribution in [0, 0.1) is 5.92 Å². The van der Waals surface area contributed by atoms with Crippen LogP contribution in [-0.2, 0) is 4.79 Å². The van der Waals surface area contributed by atoms with Gasteiger partial charge in [0.15, 0.2) is 0 Å². The highest BCUT2D eigenvalue weighted by atomic mass is 32.2. The molecule has 0 bridgehead atoms. The van der Waals surface area contributed by atoms with Gasteiger partial charge in [-0.2, -0.15) is 11.8 Å². The van der Waals surface area contributed by atoms with E-state index in [2.05, 4.69) is 37.2 Å². The van der Waals surface area contributed by atoms with Gasteiger partial charge in [0.05, 0.1) is 11.7 Å². The molecule has 1 aliphatic heterocycles. The lowest BCUT2D eigenvalue weighted by Crippen LogP contribution is -2.46. The Morgan fingerprint density at radius 1 is 1.37 bits per heavy atom. The van der Waals surface area contributed by atoms with Crippen LogP contribution < -0.4 is 5.32 Å². The predicted octanol–water partition coefficient (Wildman–Crippen LogP) is 2.85. The third kappa shape index (κ3) is 2.80. The molecular weight excluding hydrogens is 256 g/mol. The molecule has 1 aliphatic carbocycles. The molecule has 4 heteroatoms. The molecule has 0 aromatic carbocycles. The fourth-order valence-corrected chi connectivity index (χ4v) is 4.09. The van der Waals surface area contributed by atoms with Crippen LogP contribution >= 0.6 is 11.8 Å². The quantitative estimate of drug-likeness (QED) is 0.842. The van der Waals surface area contributed by atoms with Crippen molar-refractivity contribution in [2.45, 2.75) is 70.6 Å². The highest BCUT2D eigenvalue weighted by molar-refractivity contribution is 7.98. The van der Waals surface area contributed by atoms with Gasteiger partial charge in [0.2, 0.25) is 5.91 Å².